The Bertz CT molecular complexity index is 691. The van der Waals surface area contributed by atoms with Crippen molar-refractivity contribution in [2.45, 2.75) is 11.8 Å². The van der Waals surface area contributed by atoms with Crippen molar-refractivity contribution in [2.75, 3.05) is 5.75 Å². The highest BCUT2D eigenvalue weighted by Crippen LogP contribution is 2.21. The third-order valence-electron chi connectivity index (χ3n) is 2.89. The summed E-state index contributed by atoms with van der Waals surface area (Å²) in [6.45, 7) is 1.99. The van der Waals surface area contributed by atoms with Crippen molar-refractivity contribution in [3.05, 3.63) is 64.7 Å². The Hall–Kier alpha value is -1.98. The third-order valence-corrected chi connectivity index (χ3v) is 4.39. The molecule has 2 N–H and O–H groups in total. The lowest BCUT2D eigenvalue weighted by atomic mass is 10.2. The molecule has 2 amide bonds. The number of carbonyl (C=O) groups excluding carboxylic acids is 2. The quantitative estimate of drug-likeness (QED) is 0.667. The minimum absolute atomic E-state index is 0.216. The van der Waals surface area contributed by atoms with Gasteiger partial charge in [-0.25, -0.2) is 0 Å². The van der Waals surface area contributed by atoms with Crippen LogP contribution < -0.4 is 10.9 Å². The summed E-state index contributed by atoms with van der Waals surface area (Å²) in [4.78, 5) is 24.7. The van der Waals surface area contributed by atoms with Gasteiger partial charge in [0.1, 0.15) is 0 Å². The molecule has 0 saturated carbocycles. The molecule has 6 heteroatoms. The van der Waals surface area contributed by atoms with Crippen LogP contribution in [0.2, 0.25) is 5.02 Å². The zero-order chi connectivity index (χ0) is 15.9. The van der Waals surface area contributed by atoms with Crippen molar-refractivity contribution >= 4 is 35.2 Å². The second-order valence-corrected chi connectivity index (χ2v) is 5.96. The van der Waals surface area contributed by atoms with Crippen LogP contribution in [0, 0.1) is 6.92 Å². The highest BCUT2D eigenvalue weighted by molar-refractivity contribution is 8.00. The van der Waals surface area contributed by atoms with E-state index in [-0.39, 0.29) is 11.7 Å². The Morgan fingerprint density at radius 2 is 1.73 bits per heavy atom. The standard InChI is InChI=1S/C16H15ClN2O2S/c1-11-6-2-5-9-14(11)22-10-15(20)18-19-16(21)12-7-3-4-8-13(12)17/h2-9H,10H2,1H3,(H,18,20)(H,19,21). The van der Waals surface area contributed by atoms with E-state index in [0.29, 0.717) is 10.6 Å². The molecular formula is C16H15ClN2O2S. The summed E-state index contributed by atoms with van der Waals surface area (Å²) < 4.78 is 0. The normalized spacial score (nSPS) is 10.1. The van der Waals surface area contributed by atoms with E-state index in [2.05, 4.69) is 10.9 Å². The van der Waals surface area contributed by atoms with Crippen LogP contribution in [0.15, 0.2) is 53.4 Å². The van der Waals surface area contributed by atoms with Crippen LogP contribution in [0.3, 0.4) is 0 Å². The van der Waals surface area contributed by atoms with E-state index in [9.17, 15) is 9.59 Å². The smallest absolute Gasteiger partial charge is 0.271 e. The molecule has 0 spiro atoms. The number of hydrazine groups is 1. The molecule has 4 nitrogen and oxygen atoms in total. The fraction of sp³-hybridized carbons (Fsp3) is 0.125. The lowest BCUT2D eigenvalue weighted by Gasteiger charge is -2.09. The second kappa shape index (κ2) is 7.87. The first-order chi connectivity index (χ1) is 10.6. The van der Waals surface area contributed by atoms with Crippen molar-refractivity contribution in [3.63, 3.8) is 0 Å². The molecule has 0 bridgehead atoms. The Morgan fingerprint density at radius 1 is 1.05 bits per heavy atom. The maximum Gasteiger partial charge on any atom is 0.271 e. The summed E-state index contributed by atoms with van der Waals surface area (Å²) in [7, 11) is 0. The van der Waals surface area contributed by atoms with Gasteiger partial charge in [-0.3, -0.25) is 20.4 Å². The summed E-state index contributed by atoms with van der Waals surface area (Å²) in [5.41, 5.74) is 6.16. The molecule has 0 aliphatic rings. The Morgan fingerprint density at radius 3 is 2.45 bits per heavy atom. The first kappa shape index (κ1) is 16.4. The van der Waals surface area contributed by atoms with Gasteiger partial charge in [0.2, 0.25) is 5.91 Å². The average Bonchev–Trinajstić information content (AvgIpc) is 2.52. The maximum atomic E-state index is 11.9. The molecule has 114 valence electrons. The van der Waals surface area contributed by atoms with Crippen molar-refractivity contribution < 1.29 is 9.59 Å². The van der Waals surface area contributed by atoms with Crippen molar-refractivity contribution in [1.82, 2.24) is 10.9 Å². The van der Waals surface area contributed by atoms with Crippen LogP contribution in [-0.2, 0) is 4.79 Å². The number of amides is 2. The van der Waals surface area contributed by atoms with Gasteiger partial charge >= 0.3 is 0 Å². The predicted octanol–water partition coefficient (Wildman–Crippen LogP) is 3.20. The first-order valence-corrected chi connectivity index (χ1v) is 7.96. The number of halogens is 1. The fourth-order valence-corrected chi connectivity index (χ4v) is 2.79. The van der Waals surface area contributed by atoms with E-state index in [1.807, 2.05) is 31.2 Å². The van der Waals surface area contributed by atoms with Crippen LogP contribution in [0.4, 0.5) is 0 Å². The monoisotopic (exact) mass is 334 g/mol. The number of rotatable bonds is 4. The van der Waals surface area contributed by atoms with Gasteiger partial charge in [-0.15, -0.1) is 11.8 Å². The van der Waals surface area contributed by atoms with Gasteiger partial charge in [-0.1, -0.05) is 41.9 Å². The molecule has 2 rings (SSSR count). The largest absolute Gasteiger partial charge is 0.272 e. The molecule has 0 heterocycles. The van der Waals surface area contributed by atoms with Gasteiger partial charge < -0.3 is 0 Å². The molecular weight excluding hydrogens is 320 g/mol. The molecule has 0 unspecified atom stereocenters. The van der Waals surface area contributed by atoms with E-state index in [1.54, 1.807) is 24.3 Å². The van der Waals surface area contributed by atoms with Gasteiger partial charge in [0.05, 0.1) is 16.3 Å². The number of hydrogen-bond donors (Lipinski definition) is 2. The summed E-state index contributed by atoms with van der Waals surface area (Å²) in [5, 5.41) is 0.337. The van der Waals surface area contributed by atoms with E-state index in [0.717, 1.165) is 10.5 Å². The Kier molecular flexibility index (Phi) is 5.86. The van der Waals surface area contributed by atoms with Crippen molar-refractivity contribution in [3.8, 4) is 0 Å². The maximum absolute atomic E-state index is 11.9. The summed E-state index contributed by atoms with van der Waals surface area (Å²) >= 11 is 7.33. The molecule has 2 aromatic carbocycles. The molecule has 0 fully saturated rings. The highest BCUT2D eigenvalue weighted by Gasteiger charge is 2.10. The van der Waals surface area contributed by atoms with Crippen LogP contribution >= 0.6 is 23.4 Å². The molecule has 0 atom stereocenters. The summed E-state index contributed by atoms with van der Waals surface area (Å²) in [6.07, 6.45) is 0. The van der Waals surface area contributed by atoms with Crippen molar-refractivity contribution in [1.29, 1.82) is 0 Å². The van der Waals surface area contributed by atoms with Gasteiger partial charge in [-0.2, -0.15) is 0 Å². The minimum Gasteiger partial charge on any atom is -0.272 e. The molecule has 0 radical (unpaired) electrons. The number of nitrogens with one attached hydrogen (secondary N) is 2. The number of thioether (sulfide) groups is 1. The molecule has 0 saturated heterocycles. The second-order valence-electron chi connectivity index (χ2n) is 4.54. The van der Waals surface area contributed by atoms with Gasteiger partial charge in [-0.05, 0) is 30.7 Å². The Labute approximate surface area is 138 Å². The minimum atomic E-state index is -0.445. The lowest BCUT2D eigenvalue weighted by Crippen LogP contribution is -2.42. The molecule has 0 aliphatic carbocycles. The SMILES string of the molecule is Cc1ccccc1SCC(=O)NNC(=O)c1ccccc1Cl. The third kappa shape index (κ3) is 4.51. The van der Waals surface area contributed by atoms with Gasteiger partial charge in [0, 0.05) is 4.90 Å². The number of hydrogen-bond acceptors (Lipinski definition) is 3. The average molecular weight is 335 g/mol. The summed E-state index contributed by atoms with van der Waals surface area (Å²) in [5.74, 6) is -0.512. The van der Waals surface area contributed by atoms with E-state index in [1.165, 1.54) is 11.8 Å². The Balaban J connectivity index is 1.82. The van der Waals surface area contributed by atoms with Gasteiger partial charge in [0.15, 0.2) is 0 Å². The fourth-order valence-electron chi connectivity index (χ4n) is 1.74. The zero-order valence-electron chi connectivity index (χ0n) is 11.9. The summed E-state index contributed by atoms with van der Waals surface area (Å²) in [6, 6.07) is 14.5. The molecule has 2 aromatic rings. The van der Waals surface area contributed by atoms with Crippen molar-refractivity contribution in [2.24, 2.45) is 0 Å². The predicted molar refractivity (Wildman–Crippen MR) is 89.0 cm³/mol. The van der Waals surface area contributed by atoms with E-state index in [4.69, 9.17) is 11.6 Å². The molecule has 22 heavy (non-hydrogen) atoms. The van der Waals surface area contributed by atoms with Crippen LogP contribution in [0.25, 0.3) is 0 Å². The first-order valence-electron chi connectivity index (χ1n) is 6.60. The molecule has 0 aromatic heterocycles. The number of benzene rings is 2. The van der Waals surface area contributed by atoms with Crippen LogP contribution in [0.5, 0.6) is 0 Å². The van der Waals surface area contributed by atoms with Crippen LogP contribution in [-0.4, -0.2) is 17.6 Å². The molecule has 0 aliphatic heterocycles. The zero-order valence-corrected chi connectivity index (χ0v) is 13.5. The lowest BCUT2D eigenvalue weighted by molar-refractivity contribution is -0.119. The highest BCUT2D eigenvalue weighted by atomic mass is 35.5. The van der Waals surface area contributed by atoms with E-state index < -0.39 is 5.91 Å². The van der Waals surface area contributed by atoms with Gasteiger partial charge in [0.25, 0.3) is 5.91 Å². The number of carbonyl (C=O) groups is 2. The van der Waals surface area contributed by atoms with Crippen LogP contribution in [0.1, 0.15) is 15.9 Å². The number of aryl methyl sites for hydroxylation is 1. The topological polar surface area (TPSA) is 58.2 Å². The van der Waals surface area contributed by atoms with E-state index >= 15 is 0 Å².